The zero-order chi connectivity index (χ0) is 19.0. The molecule has 1 aliphatic heterocycles. The van der Waals surface area contributed by atoms with Crippen molar-refractivity contribution in [2.75, 3.05) is 13.2 Å². The highest BCUT2D eigenvalue weighted by molar-refractivity contribution is 7.15. The van der Waals surface area contributed by atoms with Crippen LogP contribution in [0.4, 0.5) is 0 Å². The van der Waals surface area contributed by atoms with Crippen LogP contribution in [0.3, 0.4) is 0 Å². The summed E-state index contributed by atoms with van der Waals surface area (Å²) < 4.78 is 7.41. The number of benzene rings is 1. The minimum absolute atomic E-state index is 0.0213. The van der Waals surface area contributed by atoms with Gasteiger partial charge in [-0.1, -0.05) is 0 Å². The van der Waals surface area contributed by atoms with Crippen LogP contribution in [0.2, 0.25) is 0 Å². The van der Waals surface area contributed by atoms with Gasteiger partial charge >= 0.3 is 0 Å². The lowest BCUT2D eigenvalue weighted by molar-refractivity contribution is -0.135. The fraction of sp³-hybridized carbons (Fsp3) is 0.300. The smallest absolute Gasteiger partial charge is 0.247 e. The zero-order valence-corrected chi connectivity index (χ0v) is 16.1. The number of aryl methyl sites for hydroxylation is 1. The molecule has 3 heterocycles. The molecule has 1 atom stereocenters. The van der Waals surface area contributed by atoms with Crippen molar-refractivity contribution in [3.05, 3.63) is 53.2 Å². The van der Waals surface area contributed by atoms with Crippen molar-refractivity contribution in [2.45, 2.75) is 26.4 Å². The van der Waals surface area contributed by atoms with Crippen molar-refractivity contribution in [1.82, 2.24) is 14.7 Å². The lowest BCUT2D eigenvalue weighted by Gasteiger charge is -2.24. The number of aromatic hydroxyl groups is 1. The third-order valence-corrected chi connectivity index (χ3v) is 5.78. The SMILES string of the molecule is Cc1ccc(-c2cc(O)c3c(c2)CN(C(=O)C(C)n2cccn2)CCO3)s1. The predicted octanol–water partition coefficient (Wildman–Crippen LogP) is 3.61. The van der Waals surface area contributed by atoms with E-state index in [4.69, 9.17) is 4.74 Å². The summed E-state index contributed by atoms with van der Waals surface area (Å²) in [7, 11) is 0. The van der Waals surface area contributed by atoms with Crippen LogP contribution in [0.25, 0.3) is 10.4 Å². The Hall–Kier alpha value is -2.80. The van der Waals surface area contributed by atoms with Gasteiger partial charge in [0, 0.05) is 34.3 Å². The molecule has 0 spiro atoms. The molecule has 1 unspecified atom stereocenters. The number of thiophene rings is 1. The van der Waals surface area contributed by atoms with Crippen LogP contribution in [-0.2, 0) is 11.3 Å². The third-order valence-electron chi connectivity index (χ3n) is 4.73. The second-order valence-corrected chi connectivity index (χ2v) is 7.95. The summed E-state index contributed by atoms with van der Waals surface area (Å²) in [4.78, 5) is 17.0. The number of phenolic OH excluding ortho intramolecular Hbond substituents is 1. The first-order chi connectivity index (χ1) is 13.0. The molecule has 3 aromatic rings. The number of fused-ring (bicyclic) bond motifs is 1. The number of nitrogens with zero attached hydrogens (tertiary/aromatic N) is 3. The van der Waals surface area contributed by atoms with Gasteiger partial charge in [0.25, 0.3) is 0 Å². The van der Waals surface area contributed by atoms with Gasteiger partial charge in [-0.15, -0.1) is 11.3 Å². The van der Waals surface area contributed by atoms with Gasteiger partial charge in [-0.05, 0) is 49.7 Å². The summed E-state index contributed by atoms with van der Waals surface area (Å²) in [6, 6.07) is 9.25. The minimum atomic E-state index is -0.390. The molecule has 0 radical (unpaired) electrons. The van der Waals surface area contributed by atoms with Crippen LogP contribution >= 0.6 is 11.3 Å². The first kappa shape index (κ1) is 17.6. The molecule has 0 aliphatic carbocycles. The maximum atomic E-state index is 13.0. The molecule has 27 heavy (non-hydrogen) atoms. The summed E-state index contributed by atoms with van der Waals surface area (Å²) in [6.45, 7) is 5.09. The Bertz CT molecular complexity index is 965. The molecule has 1 aliphatic rings. The van der Waals surface area contributed by atoms with Gasteiger partial charge in [0.05, 0.1) is 6.54 Å². The van der Waals surface area contributed by atoms with Crippen molar-refractivity contribution >= 4 is 17.2 Å². The van der Waals surface area contributed by atoms with Crippen LogP contribution in [0, 0.1) is 6.92 Å². The number of aromatic nitrogens is 2. The molecule has 1 amide bonds. The summed E-state index contributed by atoms with van der Waals surface area (Å²) in [6.07, 6.45) is 3.45. The van der Waals surface area contributed by atoms with Crippen LogP contribution in [0.1, 0.15) is 23.4 Å². The van der Waals surface area contributed by atoms with E-state index in [0.29, 0.717) is 25.4 Å². The van der Waals surface area contributed by atoms with E-state index in [2.05, 4.69) is 18.1 Å². The largest absolute Gasteiger partial charge is 0.504 e. The van der Waals surface area contributed by atoms with Crippen LogP contribution < -0.4 is 4.74 Å². The molecule has 0 saturated heterocycles. The highest BCUT2D eigenvalue weighted by Gasteiger charge is 2.27. The van der Waals surface area contributed by atoms with E-state index in [-0.39, 0.29) is 11.7 Å². The molecule has 140 valence electrons. The van der Waals surface area contributed by atoms with Gasteiger partial charge < -0.3 is 14.7 Å². The van der Waals surface area contributed by atoms with Crippen molar-refractivity contribution < 1.29 is 14.6 Å². The summed E-state index contributed by atoms with van der Waals surface area (Å²) >= 11 is 1.67. The second-order valence-electron chi connectivity index (χ2n) is 6.66. The fourth-order valence-corrected chi connectivity index (χ4v) is 4.16. The molecule has 6 nitrogen and oxygen atoms in total. The maximum Gasteiger partial charge on any atom is 0.247 e. The van der Waals surface area contributed by atoms with Crippen molar-refractivity contribution in [3.63, 3.8) is 0 Å². The molecular formula is C20H21N3O3S. The number of hydrogen-bond acceptors (Lipinski definition) is 5. The van der Waals surface area contributed by atoms with E-state index in [0.717, 1.165) is 16.0 Å². The summed E-state index contributed by atoms with van der Waals surface area (Å²) in [5.41, 5.74) is 1.75. The monoisotopic (exact) mass is 383 g/mol. The van der Waals surface area contributed by atoms with Gasteiger partial charge in [0.2, 0.25) is 5.91 Å². The second kappa shape index (κ2) is 7.08. The lowest BCUT2D eigenvalue weighted by atomic mass is 10.1. The number of ether oxygens (including phenoxy) is 1. The number of carbonyl (C=O) groups excluding carboxylic acids is 1. The molecular weight excluding hydrogens is 362 g/mol. The highest BCUT2D eigenvalue weighted by Crippen LogP contribution is 2.39. The van der Waals surface area contributed by atoms with Crippen molar-refractivity contribution in [3.8, 4) is 21.9 Å². The highest BCUT2D eigenvalue weighted by atomic mass is 32.1. The van der Waals surface area contributed by atoms with Crippen molar-refractivity contribution in [2.24, 2.45) is 0 Å². The Kier molecular flexibility index (Phi) is 4.61. The average molecular weight is 383 g/mol. The number of phenols is 1. The standard InChI is InChI=1S/C20H21N3O3S/c1-13-4-5-18(27-13)15-10-16-12-22(8-9-26-19(16)17(24)11-15)20(25)14(2)23-7-3-6-21-23/h3-7,10-11,14,24H,8-9,12H2,1-2H3. The maximum absolute atomic E-state index is 13.0. The minimum Gasteiger partial charge on any atom is -0.504 e. The molecule has 2 aromatic heterocycles. The van der Waals surface area contributed by atoms with E-state index < -0.39 is 6.04 Å². The van der Waals surface area contributed by atoms with Gasteiger partial charge in [-0.2, -0.15) is 5.10 Å². The normalized spacial score (nSPS) is 15.0. The average Bonchev–Trinajstić information content (AvgIpc) is 3.28. The Morgan fingerprint density at radius 1 is 1.37 bits per heavy atom. The van der Waals surface area contributed by atoms with Gasteiger partial charge in [0.15, 0.2) is 11.5 Å². The lowest BCUT2D eigenvalue weighted by Crippen LogP contribution is -2.37. The van der Waals surface area contributed by atoms with E-state index >= 15 is 0 Å². The number of hydrogen-bond donors (Lipinski definition) is 1. The molecule has 7 heteroatoms. The van der Waals surface area contributed by atoms with Gasteiger partial charge in [-0.3, -0.25) is 9.48 Å². The van der Waals surface area contributed by atoms with Crippen LogP contribution in [-0.4, -0.2) is 38.8 Å². The Balaban J connectivity index is 1.64. The quantitative estimate of drug-likeness (QED) is 0.750. The topological polar surface area (TPSA) is 67.6 Å². The molecule has 4 rings (SSSR count). The Labute approximate surface area is 161 Å². The fourth-order valence-electron chi connectivity index (χ4n) is 3.31. The Morgan fingerprint density at radius 2 is 2.22 bits per heavy atom. The van der Waals surface area contributed by atoms with E-state index in [1.165, 1.54) is 4.88 Å². The molecule has 1 N–H and O–H groups in total. The van der Waals surface area contributed by atoms with Gasteiger partial charge in [-0.25, -0.2) is 0 Å². The zero-order valence-electron chi connectivity index (χ0n) is 15.3. The third kappa shape index (κ3) is 3.42. The molecule has 0 fully saturated rings. The van der Waals surface area contributed by atoms with Crippen LogP contribution in [0.15, 0.2) is 42.7 Å². The Morgan fingerprint density at radius 3 is 2.93 bits per heavy atom. The number of carbonyl (C=O) groups is 1. The number of rotatable bonds is 3. The first-order valence-electron chi connectivity index (χ1n) is 8.86. The molecule has 0 saturated carbocycles. The van der Waals surface area contributed by atoms with Crippen molar-refractivity contribution in [1.29, 1.82) is 0 Å². The molecule has 0 bridgehead atoms. The summed E-state index contributed by atoms with van der Waals surface area (Å²) in [5, 5.41) is 14.6. The van der Waals surface area contributed by atoms with E-state index in [9.17, 15) is 9.90 Å². The van der Waals surface area contributed by atoms with Gasteiger partial charge in [0.1, 0.15) is 12.6 Å². The molecule has 1 aromatic carbocycles. The first-order valence-corrected chi connectivity index (χ1v) is 9.68. The van der Waals surface area contributed by atoms with E-state index in [1.54, 1.807) is 45.4 Å². The summed E-state index contributed by atoms with van der Waals surface area (Å²) in [5.74, 6) is 0.559. The van der Waals surface area contributed by atoms with E-state index in [1.807, 2.05) is 19.1 Å². The number of amides is 1. The van der Waals surface area contributed by atoms with Crippen LogP contribution in [0.5, 0.6) is 11.5 Å². The predicted molar refractivity (Wildman–Crippen MR) is 104 cm³/mol.